The number of rotatable bonds is 4. The minimum Gasteiger partial charge on any atom is -0.395 e. The fraction of sp³-hybridized carbons (Fsp3) is 0.400. The summed E-state index contributed by atoms with van der Waals surface area (Å²) in [5.74, 6) is 5.91. The van der Waals surface area contributed by atoms with Crippen molar-refractivity contribution < 1.29 is 9.90 Å². The quantitative estimate of drug-likeness (QED) is 0.793. The molecule has 1 aromatic rings. The summed E-state index contributed by atoms with van der Waals surface area (Å²) in [6.45, 7) is 4.28. The van der Waals surface area contributed by atoms with E-state index in [1.165, 1.54) is 0 Å². The molecule has 0 aliphatic carbocycles. The summed E-state index contributed by atoms with van der Waals surface area (Å²) in [7, 11) is 0. The van der Waals surface area contributed by atoms with Crippen LogP contribution in [0.2, 0.25) is 0 Å². The average Bonchev–Trinajstić information content (AvgIpc) is 2.37. The Balaban J connectivity index is 2.71. The Labute approximate surface area is 108 Å². The SMILES string of the molecule is CC(C)C(=O)NCc1ccccc1C#CCCO. The van der Waals surface area contributed by atoms with Crippen LogP contribution in [-0.4, -0.2) is 17.6 Å². The van der Waals surface area contributed by atoms with Crippen LogP contribution >= 0.6 is 0 Å². The predicted octanol–water partition coefficient (Wildman–Crippen LogP) is 1.69. The highest BCUT2D eigenvalue weighted by Gasteiger charge is 2.06. The molecule has 0 spiro atoms. The van der Waals surface area contributed by atoms with E-state index in [2.05, 4.69) is 17.2 Å². The standard InChI is InChI=1S/C15H19NO2/c1-12(2)15(18)16-11-14-9-4-3-7-13(14)8-5-6-10-17/h3-4,7,9,12,17H,6,10-11H2,1-2H3,(H,16,18). The molecule has 18 heavy (non-hydrogen) atoms. The highest BCUT2D eigenvalue weighted by atomic mass is 16.2. The lowest BCUT2D eigenvalue weighted by Gasteiger charge is -2.09. The molecule has 1 aromatic carbocycles. The molecule has 0 aromatic heterocycles. The molecule has 0 bridgehead atoms. The molecule has 0 atom stereocenters. The zero-order chi connectivity index (χ0) is 13.4. The summed E-state index contributed by atoms with van der Waals surface area (Å²) in [4.78, 5) is 11.5. The summed E-state index contributed by atoms with van der Waals surface area (Å²) in [5, 5.41) is 11.6. The molecule has 0 unspecified atom stereocenters. The van der Waals surface area contributed by atoms with E-state index in [-0.39, 0.29) is 18.4 Å². The van der Waals surface area contributed by atoms with Gasteiger partial charge in [-0.15, -0.1) is 0 Å². The second-order valence-corrected chi connectivity index (χ2v) is 4.31. The van der Waals surface area contributed by atoms with Crippen LogP contribution in [0.4, 0.5) is 0 Å². The van der Waals surface area contributed by atoms with Gasteiger partial charge in [-0.1, -0.05) is 43.9 Å². The molecular weight excluding hydrogens is 226 g/mol. The van der Waals surface area contributed by atoms with E-state index >= 15 is 0 Å². The number of aliphatic hydroxyl groups excluding tert-OH is 1. The Kier molecular flexibility index (Phi) is 5.96. The molecule has 0 radical (unpaired) electrons. The number of carbonyl (C=O) groups excluding carboxylic acids is 1. The molecule has 0 fully saturated rings. The van der Waals surface area contributed by atoms with Crippen molar-refractivity contribution in [3.05, 3.63) is 35.4 Å². The van der Waals surface area contributed by atoms with Gasteiger partial charge in [-0.3, -0.25) is 4.79 Å². The fourth-order valence-electron chi connectivity index (χ4n) is 1.40. The first-order valence-electron chi connectivity index (χ1n) is 6.10. The number of benzene rings is 1. The first kappa shape index (κ1) is 14.3. The van der Waals surface area contributed by atoms with E-state index in [1.807, 2.05) is 38.1 Å². The normalized spacial score (nSPS) is 9.78. The Morgan fingerprint density at radius 1 is 1.39 bits per heavy atom. The molecule has 1 rings (SSSR count). The molecule has 2 N–H and O–H groups in total. The number of carbonyl (C=O) groups is 1. The first-order chi connectivity index (χ1) is 8.65. The predicted molar refractivity (Wildman–Crippen MR) is 71.7 cm³/mol. The van der Waals surface area contributed by atoms with E-state index in [9.17, 15) is 4.79 Å². The topological polar surface area (TPSA) is 49.3 Å². The lowest BCUT2D eigenvalue weighted by molar-refractivity contribution is -0.124. The minimum atomic E-state index is -0.0161. The van der Waals surface area contributed by atoms with Gasteiger partial charge in [-0.2, -0.15) is 0 Å². The molecule has 1 amide bonds. The van der Waals surface area contributed by atoms with Crippen LogP contribution in [0.5, 0.6) is 0 Å². The van der Waals surface area contributed by atoms with Crippen molar-refractivity contribution in [2.45, 2.75) is 26.8 Å². The lowest BCUT2D eigenvalue weighted by atomic mass is 10.1. The van der Waals surface area contributed by atoms with E-state index in [0.717, 1.165) is 11.1 Å². The van der Waals surface area contributed by atoms with E-state index in [4.69, 9.17) is 5.11 Å². The van der Waals surface area contributed by atoms with Gasteiger partial charge in [0.25, 0.3) is 0 Å². The van der Waals surface area contributed by atoms with Gasteiger partial charge >= 0.3 is 0 Å². The highest BCUT2D eigenvalue weighted by molar-refractivity contribution is 5.77. The van der Waals surface area contributed by atoms with Crippen molar-refractivity contribution in [2.24, 2.45) is 5.92 Å². The second-order valence-electron chi connectivity index (χ2n) is 4.31. The van der Waals surface area contributed by atoms with Crippen LogP contribution in [-0.2, 0) is 11.3 Å². The van der Waals surface area contributed by atoms with E-state index < -0.39 is 0 Å². The molecular formula is C15H19NO2. The number of amides is 1. The smallest absolute Gasteiger partial charge is 0.222 e. The van der Waals surface area contributed by atoms with Crippen LogP contribution in [0.3, 0.4) is 0 Å². The van der Waals surface area contributed by atoms with E-state index in [1.54, 1.807) is 0 Å². The fourth-order valence-corrected chi connectivity index (χ4v) is 1.40. The third kappa shape index (κ3) is 4.60. The Bertz CT molecular complexity index is 455. The maximum atomic E-state index is 11.5. The van der Waals surface area contributed by atoms with E-state index in [0.29, 0.717) is 13.0 Å². The van der Waals surface area contributed by atoms with Crippen LogP contribution < -0.4 is 5.32 Å². The van der Waals surface area contributed by atoms with Crippen LogP contribution in [0, 0.1) is 17.8 Å². The summed E-state index contributed by atoms with van der Waals surface area (Å²) in [5.41, 5.74) is 1.90. The Morgan fingerprint density at radius 2 is 2.11 bits per heavy atom. The van der Waals surface area contributed by atoms with Crippen molar-refractivity contribution in [1.29, 1.82) is 0 Å². The molecule has 0 saturated heterocycles. The second kappa shape index (κ2) is 7.52. The summed E-state index contributed by atoms with van der Waals surface area (Å²) in [6.07, 6.45) is 0.465. The van der Waals surface area contributed by atoms with Gasteiger partial charge < -0.3 is 10.4 Å². The van der Waals surface area contributed by atoms with Crippen molar-refractivity contribution in [1.82, 2.24) is 5.32 Å². The first-order valence-corrected chi connectivity index (χ1v) is 6.10. The van der Waals surface area contributed by atoms with Gasteiger partial charge in [-0.25, -0.2) is 0 Å². The van der Waals surface area contributed by atoms with Gasteiger partial charge in [0.1, 0.15) is 0 Å². The zero-order valence-corrected chi connectivity index (χ0v) is 10.9. The molecule has 0 aliphatic heterocycles. The Morgan fingerprint density at radius 3 is 2.78 bits per heavy atom. The summed E-state index contributed by atoms with van der Waals surface area (Å²) in [6, 6.07) is 7.70. The maximum absolute atomic E-state index is 11.5. The molecule has 0 aliphatic rings. The van der Waals surface area contributed by atoms with Crippen molar-refractivity contribution >= 4 is 5.91 Å². The highest BCUT2D eigenvalue weighted by Crippen LogP contribution is 2.07. The van der Waals surface area contributed by atoms with Crippen molar-refractivity contribution in [2.75, 3.05) is 6.61 Å². The molecule has 3 heteroatoms. The third-order valence-corrected chi connectivity index (χ3v) is 2.45. The lowest BCUT2D eigenvalue weighted by Crippen LogP contribution is -2.27. The Hall–Kier alpha value is -1.79. The number of nitrogens with one attached hydrogen (secondary N) is 1. The van der Waals surface area contributed by atoms with Crippen molar-refractivity contribution in [3.8, 4) is 11.8 Å². The van der Waals surface area contributed by atoms with Crippen LogP contribution in [0.15, 0.2) is 24.3 Å². The largest absolute Gasteiger partial charge is 0.395 e. The van der Waals surface area contributed by atoms with Gasteiger partial charge in [-0.05, 0) is 11.6 Å². The maximum Gasteiger partial charge on any atom is 0.222 e. The number of hydrogen-bond donors (Lipinski definition) is 2. The minimum absolute atomic E-state index is 0.0161. The van der Waals surface area contributed by atoms with Gasteiger partial charge in [0.05, 0.1) is 6.61 Å². The van der Waals surface area contributed by atoms with Crippen LogP contribution in [0.1, 0.15) is 31.4 Å². The third-order valence-electron chi connectivity index (χ3n) is 2.45. The molecule has 0 saturated carbocycles. The molecule has 0 heterocycles. The average molecular weight is 245 g/mol. The van der Waals surface area contributed by atoms with Gasteiger partial charge in [0, 0.05) is 24.4 Å². The molecule has 3 nitrogen and oxygen atoms in total. The van der Waals surface area contributed by atoms with Gasteiger partial charge in [0.2, 0.25) is 5.91 Å². The number of hydrogen-bond acceptors (Lipinski definition) is 2. The number of aliphatic hydroxyl groups is 1. The monoisotopic (exact) mass is 245 g/mol. The van der Waals surface area contributed by atoms with Crippen molar-refractivity contribution in [3.63, 3.8) is 0 Å². The van der Waals surface area contributed by atoms with Crippen LogP contribution in [0.25, 0.3) is 0 Å². The van der Waals surface area contributed by atoms with Gasteiger partial charge in [0.15, 0.2) is 0 Å². The summed E-state index contributed by atoms with van der Waals surface area (Å²) >= 11 is 0. The molecule has 96 valence electrons. The summed E-state index contributed by atoms with van der Waals surface area (Å²) < 4.78 is 0. The zero-order valence-electron chi connectivity index (χ0n) is 10.9.